The molecule has 0 aliphatic rings. The van der Waals surface area contributed by atoms with Crippen molar-refractivity contribution in [1.82, 2.24) is 6.15 Å². The Bertz CT molecular complexity index is 19.7. The van der Waals surface area contributed by atoms with Crippen molar-refractivity contribution in [3.05, 3.63) is 0 Å². The minimum Gasteiger partial charge on any atom is -0.402 e. The topological polar surface area (TPSA) is 95.7 Å². The molecule has 0 saturated carbocycles. The molecule has 7 heavy (non-hydrogen) atoms. The van der Waals surface area contributed by atoms with Crippen molar-refractivity contribution in [2.75, 3.05) is 0 Å². The SMILES string of the molecule is F.N.OB(O)O.[Zn]. The van der Waals surface area contributed by atoms with Crippen molar-refractivity contribution in [3.63, 3.8) is 0 Å². The molecule has 0 spiro atoms. The Labute approximate surface area is 53.4 Å². The first kappa shape index (κ1) is 26.0. The summed E-state index contributed by atoms with van der Waals surface area (Å²) in [4.78, 5) is 0. The molecule has 42 valence electrons. The second-order valence-corrected chi connectivity index (χ2v) is 0.346. The molecule has 0 aliphatic carbocycles. The van der Waals surface area contributed by atoms with Crippen LogP contribution in [0, 0.1) is 0 Å². The molecule has 6 N–H and O–H groups in total. The minimum absolute atomic E-state index is 0. The van der Waals surface area contributed by atoms with Crippen LogP contribution in [0.15, 0.2) is 0 Å². The second-order valence-electron chi connectivity index (χ2n) is 0.346. The van der Waals surface area contributed by atoms with E-state index >= 15 is 0 Å². The Morgan fingerprint density at radius 2 is 1.00 bits per heavy atom. The van der Waals surface area contributed by atoms with E-state index in [0.29, 0.717) is 0 Å². The van der Waals surface area contributed by atoms with Crippen molar-refractivity contribution in [1.29, 1.82) is 0 Å². The zero-order valence-electron chi connectivity index (χ0n) is 3.74. The summed E-state index contributed by atoms with van der Waals surface area (Å²) in [5.41, 5.74) is 0. The van der Waals surface area contributed by atoms with Gasteiger partial charge in [0.15, 0.2) is 0 Å². The number of hydrogen-bond acceptors (Lipinski definition) is 4. The summed E-state index contributed by atoms with van der Waals surface area (Å²) in [6.07, 6.45) is 0. The molecule has 7 heteroatoms. The molecule has 0 aliphatic heterocycles. The van der Waals surface area contributed by atoms with E-state index < -0.39 is 7.32 Å². The minimum atomic E-state index is -2.17. The summed E-state index contributed by atoms with van der Waals surface area (Å²) in [6, 6.07) is 0. The number of rotatable bonds is 0. The molecule has 0 aromatic rings. The molecule has 0 unspecified atom stereocenters. The Balaban J connectivity index is -0.0000000150. The monoisotopic (exact) mass is 163 g/mol. The van der Waals surface area contributed by atoms with Crippen LogP contribution >= 0.6 is 0 Å². The van der Waals surface area contributed by atoms with Gasteiger partial charge >= 0.3 is 7.32 Å². The van der Waals surface area contributed by atoms with Gasteiger partial charge in [-0.3, -0.25) is 4.70 Å². The Morgan fingerprint density at radius 3 is 1.00 bits per heavy atom. The average Bonchev–Trinajstić information content (AvgIpc) is 0.811. The van der Waals surface area contributed by atoms with Crippen molar-refractivity contribution < 1.29 is 39.3 Å². The van der Waals surface area contributed by atoms with Gasteiger partial charge in [-0.25, -0.2) is 0 Å². The molecule has 0 atom stereocenters. The smallest absolute Gasteiger partial charge is 0.402 e. The van der Waals surface area contributed by atoms with Crippen molar-refractivity contribution in [3.8, 4) is 0 Å². The van der Waals surface area contributed by atoms with E-state index in [1.165, 1.54) is 0 Å². The van der Waals surface area contributed by atoms with Crippen LogP contribution in [-0.4, -0.2) is 22.4 Å². The maximum Gasteiger partial charge on any atom is 0.631 e. The second kappa shape index (κ2) is 16.1. The molecule has 0 radical (unpaired) electrons. The van der Waals surface area contributed by atoms with Gasteiger partial charge in [-0.15, -0.1) is 0 Å². The van der Waals surface area contributed by atoms with Crippen molar-refractivity contribution >= 4 is 7.32 Å². The maximum atomic E-state index is 7.17. The molecule has 0 bridgehead atoms. The van der Waals surface area contributed by atoms with E-state index in [0.717, 1.165) is 0 Å². The Hall–Kier alpha value is 0.458. The summed E-state index contributed by atoms with van der Waals surface area (Å²) in [6.45, 7) is 0. The predicted octanol–water partition coefficient (Wildman–Crippen LogP) is -1.74. The molecular weight excluding hydrogens is 157 g/mol. The van der Waals surface area contributed by atoms with E-state index in [4.69, 9.17) is 15.1 Å². The van der Waals surface area contributed by atoms with Crippen LogP contribution in [0.1, 0.15) is 0 Å². The first-order valence-corrected chi connectivity index (χ1v) is 0.775. The predicted molar refractivity (Wildman–Crippen MR) is 19.9 cm³/mol. The molecule has 0 saturated heterocycles. The van der Waals surface area contributed by atoms with Gasteiger partial charge < -0.3 is 21.2 Å². The number of halogens is 1. The van der Waals surface area contributed by atoms with Gasteiger partial charge in [-0.2, -0.15) is 0 Å². The third-order valence-corrected chi connectivity index (χ3v) is 0. The molecule has 0 fully saturated rings. The van der Waals surface area contributed by atoms with Crippen LogP contribution in [0.2, 0.25) is 0 Å². The van der Waals surface area contributed by atoms with E-state index in [1.54, 1.807) is 0 Å². The van der Waals surface area contributed by atoms with Gasteiger partial charge in [0.1, 0.15) is 0 Å². The van der Waals surface area contributed by atoms with Gasteiger partial charge in [0, 0.05) is 19.5 Å². The zero-order valence-corrected chi connectivity index (χ0v) is 6.71. The first-order valence-electron chi connectivity index (χ1n) is 0.775. The summed E-state index contributed by atoms with van der Waals surface area (Å²) >= 11 is 0. The summed E-state index contributed by atoms with van der Waals surface area (Å²) in [7, 11) is -2.17. The molecule has 0 heterocycles. The number of hydrogen-bond donors (Lipinski definition) is 4. The third kappa shape index (κ3) is 611. The van der Waals surface area contributed by atoms with Crippen molar-refractivity contribution in [2.45, 2.75) is 0 Å². The molecule has 0 aromatic carbocycles. The van der Waals surface area contributed by atoms with Crippen LogP contribution < -0.4 is 6.15 Å². The normalized spacial score (nSPS) is 3.86. The standard InChI is InChI=1S/BH3O3.FH.H3N.Zn/c2-1(3)4;;;/h2-4H;1H;1H3;. The van der Waals surface area contributed by atoms with Crippen LogP contribution in [0.5, 0.6) is 0 Å². The maximum absolute atomic E-state index is 7.17. The van der Waals surface area contributed by atoms with Crippen LogP contribution in [0.25, 0.3) is 0 Å². The largest absolute Gasteiger partial charge is 0.631 e. The molecule has 0 aromatic heterocycles. The third-order valence-electron chi connectivity index (χ3n) is 0. The van der Waals surface area contributed by atoms with E-state index in [9.17, 15) is 0 Å². The fourth-order valence-corrected chi connectivity index (χ4v) is 0. The molecular formula is H7BFNO3Zn. The fraction of sp³-hybridized carbons (Fsp3) is 0. The Morgan fingerprint density at radius 1 is 1.00 bits per heavy atom. The molecule has 0 amide bonds. The van der Waals surface area contributed by atoms with E-state index in [1.807, 2.05) is 0 Å². The van der Waals surface area contributed by atoms with Gasteiger partial charge in [0.25, 0.3) is 0 Å². The van der Waals surface area contributed by atoms with Gasteiger partial charge in [0.05, 0.1) is 0 Å². The summed E-state index contributed by atoms with van der Waals surface area (Å²) < 4.78 is 0. The van der Waals surface area contributed by atoms with Gasteiger partial charge in [-0.05, 0) is 0 Å². The van der Waals surface area contributed by atoms with E-state index in [2.05, 4.69) is 0 Å². The first-order chi connectivity index (χ1) is 1.73. The van der Waals surface area contributed by atoms with Gasteiger partial charge in [-0.1, -0.05) is 0 Å². The van der Waals surface area contributed by atoms with Crippen molar-refractivity contribution in [2.24, 2.45) is 0 Å². The van der Waals surface area contributed by atoms with Crippen LogP contribution in [-0.2, 0) is 19.5 Å². The average molecular weight is 164 g/mol. The summed E-state index contributed by atoms with van der Waals surface area (Å²) in [5, 5.41) is 21.5. The molecule has 0 rings (SSSR count). The fourth-order valence-electron chi connectivity index (χ4n) is 0. The van der Waals surface area contributed by atoms with E-state index in [-0.39, 0.29) is 30.3 Å². The molecule has 4 nitrogen and oxygen atoms in total. The summed E-state index contributed by atoms with van der Waals surface area (Å²) in [5.74, 6) is 0. The van der Waals surface area contributed by atoms with Gasteiger partial charge in [0.2, 0.25) is 0 Å². The quantitative estimate of drug-likeness (QED) is 0.320. The van der Waals surface area contributed by atoms with Crippen LogP contribution in [0.4, 0.5) is 4.70 Å². The Kier molecular flexibility index (Phi) is 59.8. The van der Waals surface area contributed by atoms with Crippen LogP contribution in [0.3, 0.4) is 0 Å². The zero-order chi connectivity index (χ0) is 3.58.